The zero-order valence-electron chi connectivity index (χ0n) is 13.2. The number of para-hydroxylation sites is 1. The quantitative estimate of drug-likeness (QED) is 0.925. The average Bonchev–Trinajstić information content (AvgIpc) is 2.89. The Morgan fingerprint density at radius 1 is 1.26 bits per heavy atom. The fraction of sp³-hybridized carbons (Fsp3) is 0.375. The molecule has 6 nitrogen and oxygen atoms in total. The molecule has 0 spiro atoms. The molecule has 2 heterocycles. The van der Waals surface area contributed by atoms with E-state index >= 15 is 0 Å². The third-order valence-electron chi connectivity index (χ3n) is 4.15. The minimum absolute atomic E-state index is 0.0267. The van der Waals surface area contributed by atoms with E-state index in [-0.39, 0.29) is 17.5 Å². The highest BCUT2D eigenvalue weighted by Crippen LogP contribution is 2.23. The van der Waals surface area contributed by atoms with Gasteiger partial charge >= 0.3 is 0 Å². The van der Waals surface area contributed by atoms with Crippen molar-refractivity contribution in [3.8, 4) is 0 Å². The molecule has 0 radical (unpaired) electrons. The first-order chi connectivity index (χ1) is 10.9. The lowest BCUT2D eigenvalue weighted by Gasteiger charge is -2.24. The van der Waals surface area contributed by atoms with Gasteiger partial charge in [-0.2, -0.15) is 4.98 Å². The summed E-state index contributed by atoms with van der Waals surface area (Å²) in [5.41, 5.74) is 2.06. The minimum atomic E-state index is -2.91. The van der Waals surface area contributed by atoms with Crippen LogP contribution >= 0.6 is 0 Å². The molecule has 0 aliphatic carbocycles. The molecule has 2 aromatic rings. The zero-order chi connectivity index (χ0) is 16.4. The van der Waals surface area contributed by atoms with Crippen molar-refractivity contribution in [1.29, 1.82) is 0 Å². The molecule has 3 rings (SSSR count). The number of aromatic nitrogens is 2. The fourth-order valence-electron chi connectivity index (χ4n) is 2.71. The molecule has 1 N–H and O–H groups in total. The lowest BCUT2D eigenvalue weighted by Crippen LogP contribution is -2.33. The number of hydrogen-bond donors (Lipinski definition) is 1. The van der Waals surface area contributed by atoms with Crippen molar-refractivity contribution in [1.82, 2.24) is 9.97 Å². The van der Waals surface area contributed by atoms with Crippen molar-refractivity contribution in [3.05, 3.63) is 42.1 Å². The van der Waals surface area contributed by atoms with E-state index in [9.17, 15) is 8.42 Å². The molecule has 1 atom stereocenters. The predicted molar refractivity (Wildman–Crippen MR) is 92.0 cm³/mol. The van der Waals surface area contributed by atoms with Gasteiger partial charge in [-0.05, 0) is 31.0 Å². The van der Waals surface area contributed by atoms with Gasteiger partial charge in [-0.1, -0.05) is 18.2 Å². The van der Waals surface area contributed by atoms with Crippen LogP contribution in [0.3, 0.4) is 0 Å². The summed E-state index contributed by atoms with van der Waals surface area (Å²) in [6.45, 7) is 2.02. The van der Waals surface area contributed by atoms with Gasteiger partial charge in [-0.3, -0.25) is 0 Å². The number of nitrogens with one attached hydrogen (secondary N) is 1. The van der Waals surface area contributed by atoms with Crippen LogP contribution in [0.25, 0.3) is 0 Å². The maximum Gasteiger partial charge on any atom is 0.229 e. The second kappa shape index (κ2) is 6.16. The topological polar surface area (TPSA) is 75.2 Å². The van der Waals surface area contributed by atoms with Crippen molar-refractivity contribution < 1.29 is 8.42 Å². The van der Waals surface area contributed by atoms with E-state index in [4.69, 9.17) is 0 Å². The van der Waals surface area contributed by atoms with Crippen molar-refractivity contribution in [2.24, 2.45) is 0 Å². The Morgan fingerprint density at radius 3 is 2.74 bits per heavy atom. The molecule has 1 saturated heterocycles. The van der Waals surface area contributed by atoms with Crippen LogP contribution in [-0.4, -0.2) is 43.0 Å². The third-order valence-corrected chi connectivity index (χ3v) is 5.90. The zero-order valence-corrected chi connectivity index (χ0v) is 14.0. The van der Waals surface area contributed by atoms with Crippen LogP contribution in [0.4, 0.5) is 17.5 Å². The summed E-state index contributed by atoms with van der Waals surface area (Å²) in [6, 6.07) is 9.69. The maximum atomic E-state index is 11.7. The molecule has 1 aromatic carbocycles. The summed E-state index contributed by atoms with van der Waals surface area (Å²) in [5.74, 6) is 1.66. The van der Waals surface area contributed by atoms with E-state index in [1.165, 1.54) is 0 Å². The molecule has 1 aliphatic rings. The van der Waals surface area contributed by atoms with Gasteiger partial charge in [0.25, 0.3) is 0 Å². The molecule has 1 aliphatic heterocycles. The van der Waals surface area contributed by atoms with Gasteiger partial charge in [0.05, 0.1) is 11.5 Å². The monoisotopic (exact) mass is 332 g/mol. The summed E-state index contributed by atoms with van der Waals surface area (Å²) in [4.78, 5) is 10.7. The first-order valence-corrected chi connectivity index (χ1v) is 9.36. The average molecular weight is 332 g/mol. The molecule has 1 aromatic heterocycles. The number of nitrogens with zero attached hydrogens (tertiary/aromatic N) is 3. The summed E-state index contributed by atoms with van der Waals surface area (Å²) in [6.07, 6.45) is 2.33. The third kappa shape index (κ3) is 3.61. The summed E-state index contributed by atoms with van der Waals surface area (Å²) >= 11 is 0. The Hall–Kier alpha value is -2.15. The molecule has 1 fully saturated rings. The normalized spacial score (nSPS) is 19.5. The molecule has 7 heteroatoms. The SMILES string of the molecule is Cc1ccccc1Nc1nccc(N(C)C2CCS(=O)(=O)C2)n1. The maximum absolute atomic E-state index is 11.7. The van der Waals surface area contributed by atoms with Crippen LogP contribution in [0.5, 0.6) is 0 Å². The highest BCUT2D eigenvalue weighted by molar-refractivity contribution is 7.91. The van der Waals surface area contributed by atoms with Crippen molar-refractivity contribution >= 4 is 27.3 Å². The van der Waals surface area contributed by atoms with E-state index < -0.39 is 9.84 Å². The van der Waals surface area contributed by atoms with Crippen LogP contribution in [0.15, 0.2) is 36.5 Å². The van der Waals surface area contributed by atoms with Crippen molar-refractivity contribution in [3.63, 3.8) is 0 Å². The minimum Gasteiger partial charge on any atom is -0.355 e. The van der Waals surface area contributed by atoms with E-state index in [1.54, 1.807) is 12.3 Å². The Kier molecular flexibility index (Phi) is 4.21. The largest absolute Gasteiger partial charge is 0.355 e. The highest BCUT2D eigenvalue weighted by Gasteiger charge is 2.31. The molecule has 23 heavy (non-hydrogen) atoms. The molecule has 1 unspecified atom stereocenters. The fourth-order valence-corrected chi connectivity index (χ4v) is 4.48. The summed E-state index contributed by atoms with van der Waals surface area (Å²) in [7, 11) is -1.03. The van der Waals surface area contributed by atoms with Gasteiger partial charge in [0.2, 0.25) is 5.95 Å². The van der Waals surface area contributed by atoms with Crippen LogP contribution in [0.1, 0.15) is 12.0 Å². The molecule has 0 saturated carbocycles. The van der Waals surface area contributed by atoms with Crippen LogP contribution < -0.4 is 10.2 Å². The second-order valence-corrected chi connectivity index (χ2v) is 8.07. The molecule has 122 valence electrons. The number of benzene rings is 1. The van der Waals surface area contributed by atoms with Crippen LogP contribution in [0, 0.1) is 6.92 Å². The Balaban J connectivity index is 1.79. The van der Waals surface area contributed by atoms with Crippen LogP contribution in [0.2, 0.25) is 0 Å². The second-order valence-electron chi connectivity index (χ2n) is 5.85. The van der Waals surface area contributed by atoms with Crippen LogP contribution in [-0.2, 0) is 9.84 Å². The predicted octanol–water partition coefficient (Wildman–Crippen LogP) is 2.15. The van der Waals surface area contributed by atoms with Crippen molar-refractivity contribution in [2.45, 2.75) is 19.4 Å². The number of hydrogen-bond acceptors (Lipinski definition) is 6. The number of aryl methyl sites for hydroxylation is 1. The van der Waals surface area contributed by atoms with Gasteiger partial charge in [0.1, 0.15) is 5.82 Å². The Morgan fingerprint density at radius 2 is 2.04 bits per heavy atom. The van der Waals surface area contributed by atoms with Crippen molar-refractivity contribution in [2.75, 3.05) is 28.8 Å². The molecule has 0 amide bonds. The lowest BCUT2D eigenvalue weighted by atomic mass is 10.2. The van der Waals surface area contributed by atoms with E-state index in [0.29, 0.717) is 12.4 Å². The summed E-state index contributed by atoms with van der Waals surface area (Å²) in [5, 5.41) is 3.21. The van der Waals surface area contributed by atoms with E-state index in [0.717, 1.165) is 17.1 Å². The van der Waals surface area contributed by atoms with Gasteiger partial charge in [-0.15, -0.1) is 0 Å². The van der Waals surface area contributed by atoms with Gasteiger partial charge in [0.15, 0.2) is 9.84 Å². The standard InChI is InChI=1S/C16H20N4O2S/c1-12-5-3-4-6-14(12)18-16-17-9-7-15(19-16)20(2)13-8-10-23(21,22)11-13/h3-7,9,13H,8,10-11H2,1-2H3,(H,17,18,19). The number of sulfone groups is 1. The van der Waals surface area contributed by atoms with E-state index in [2.05, 4.69) is 15.3 Å². The molecular formula is C16H20N4O2S. The van der Waals surface area contributed by atoms with Gasteiger partial charge < -0.3 is 10.2 Å². The van der Waals surface area contributed by atoms with Gasteiger partial charge in [0, 0.05) is 25.0 Å². The molecule has 0 bridgehead atoms. The van der Waals surface area contributed by atoms with E-state index in [1.807, 2.05) is 43.1 Å². The molecular weight excluding hydrogens is 312 g/mol. The lowest BCUT2D eigenvalue weighted by molar-refractivity contribution is 0.600. The Labute approximate surface area is 136 Å². The van der Waals surface area contributed by atoms with Gasteiger partial charge in [-0.25, -0.2) is 13.4 Å². The highest BCUT2D eigenvalue weighted by atomic mass is 32.2. The first-order valence-electron chi connectivity index (χ1n) is 7.53. The summed E-state index contributed by atoms with van der Waals surface area (Å²) < 4.78 is 23.3. The number of anilines is 3. The first kappa shape index (κ1) is 15.7. The smallest absolute Gasteiger partial charge is 0.229 e. The Bertz CT molecular complexity index is 807. The number of rotatable bonds is 4.